The van der Waals surface area contributed by atoms with E-state index >= 15 is 0 Å². The lowest BCUT2D eigenvalue weighted by Gasteiger charge is -2.06. The second kappa shape index (κ2) is 10.4. The first kappa shape index (κ1) is 22.2. The minimum Gasteiger partial charge on any atom is -0.473 e. The maximum Gasteiger partial charge on any atom is 0.414 e. The van der Waals surface area contributed by atoms with Crippen LogP contribution in [0.2, 0.25) is 0 Å². The van der Waals surface area contributed by atoms with Gasteiger partial charge in [0.05, 0.1) is 11.4 Å². The van der Waals surface area contributed by atoms with Gasteiger partial charge in [-0.15, -0.1) is 11.3 Å². The molecule has 0 radical (unpaired) electrons. The summed E-state index contributed by atoms with van der Waals surface area (Å²) in [6.45, 7) is 0.810. The Bertz CT molecular complexity index is 867. The van der Waals surface area contributed by atoms with Gasteiger partial charge in [0.1, 0.15) is 0 Å². The molecule has 0 unspecified atom stereocenters. The van der Waals surface area contributed by atoms with Gasteiger partial charge < -0.3 is 20.8 Å². The largest absolute Gasteiger partial charge is 0.473 e. The van der Waals surface area contributed by atoms with Crippen molar-refractivity contribution in [1.29, 1.82) is 0 Å². The van der Waals surface area contributed by atoms with Crippen molar-refractivity contribution in [3.63, 3.8) is 0 Å². The number of nitrogens with two attached hydrogens (primary N) is 1. The van der Waals surface area contributed by atoms with E-state index in [4.69, 9.17) is 24.9 Å². The first-order valence-electron chi connectivity index (χ1n) is 7.21. The average molecular weight is 415 g/mol. The highest BCUT2D eigenvalue weighted by Crippen LogP contribution is 2.12. The number of amides is 1. The van der Waals surface area contributed by atoms with Crippen molar-refractivity contribution in [3.05, 3.63) is 46.7 Å². The lowest BCUT2D eigenvalue weighted by atomic mass is 10.3. The Kier molecular flexibility index (Phi) is 8.55. The van der Waals surface area contributed by atoms with E-state index in [-0.39, 0.29) is 17.3 Å². The Hall–Kier alpha value is -2.80. The lowest BCUT2D eigenvalue weighted by molar-refractivity contribution is -0.159. The summed E-state index contributed by atoms with van der Waals surface area (Å²) in [6, 6.07) is 9.64. The van der Waals surface area contributed by atoms with E-state index in [1.807, 2.05) is 17.5 Å². The summed E-state index contributed by atoms with van der Waals surface area (Å²) >= 11 is 1.62. The predicted octanol–water partition coefficient (Wildman–Crippen LogP) is 0.279. The maximum absolute atomic E-state index is 11.7. The molecule has 0 atom stereocenters. The number of carbonyl (C=O) groups excluding carboxylic acids is 1. The number of aliphatic carboxylic acids is 2. The molecule has 12 heteroatoms. The molecule has 0 aliphatic heterocycles. The Morgan fingerprint density at radius 3 is 2.07 bits per heavy atom. The molecule has 0 aliphatic carbocycles. The molecule has 0 bridgehead atoms. The van der Waals surface area contributed by atoms with Crippen molar-refractivity contribution in [2.75, 3.05) is 11.9 Å². The van der Waals surface area contributed by atoms with E-state index in [9.17, 15) is 13.2 Å². The molecule has 27 heavy (non-hydrogen) atoms. The molecule has 0 spiro atoms. The number of sulfonamides is 1. The smallest absolute Gasteiger partial charge is 0.414 e. The molecule has 146 valence electrons. The van der Waals surface area contributed by atoms with Crippen LogP contribution in [0.4, 0.5) is 5.69 Å². The molecule has 1 heterocycles. The first-order chi connectivity index (χ1) is 12.6. The fourth-order valence-corrected chi connectivity index (χ4v) is 2.84. The fraction of sp³-hybridized carbons (Fsp3) is 0.133. The van der Waals surface area contributed by atoms with Crippen LogP contribution in [0.25, 0.3) is 0 Å². The number of anilines is 1. The standard InChI is InChI=1S/C13H15N3O3S2.C2H2O4/c14-21(18,19)12-5-3-10(4-6-12)16-13(17)9-15-8-11-2-1-7-20-11;3-1(4)2(5)6/h1-7,15H,8-9H2,(H,16,17)(H2,14,18,19);(H,3,4)(H,5,6). The quantitative estimate of drug-likeness (QED) is 0.418. The number of nitrogens with one attached hydrogen (secondary N) is 2. The Morgan fingerprint density at radius 1 is 1.04 bits per heavy atom. The Morgan fingerprint density at radius 2 is 1.63 bits per heavy atom. The van der Waals surface area contributed by atoms with E-state index in [1.54, 1.807) is 11.3 Å². The molecule has 0 saturated carbocycles. The summed E-state index contributed by atoms with van der Waals surface area (Å²) in [4.78, 5) is 31.1. The maximum atomic E-state index is 11.7. The molecule has 10 nitrogen and oxygen atoms in total. The topological polar surface area (TPSA) is 176 Å². The summed E-state index contributed by atoms with van der Waals surface area (Å²) < 4.78 is 22.2. The van der Waals surface area contributed by atoms with Crippen LogP contribution in [0.5, 0.6) is 0 Å². The third-order valence-electron chi connectivity index (χ3n) is 2.81. The van der Waals surface area contributed by atoms with Crippen molar-refractivity contribution >= 4 is 44.9 Å². The van der Waals surface area contributed by atoms with Crippen molar-refractivity contribution in [1.82, 2.24) is 5.32 Å². The van der Waals surface area contributed by atoms with Crippen LogP contribution in [0.1, 0.15) is 4.88 Å². The minimum atomic E-state index is -3.71. The van der Waals surface area contributed by atoms with E-state index in [2.05, 4.69) is 10.6 Å². The van der Waals surface area contributed by atoms with Gasteiger partial charge in [0.25, 0.3) is 0 Å². The number of thiophene rings is 1. The van der Waals surface area contributed by atoms with Gasteiger partial charge in [0.15, 0.2) is 0 Å². The monoisotopic (exact) mass is 415 g/mol. The van der Waals surface area contributed by atoms with Crippen molar-refractivity contribution in [2.24, 2.45) is 5.14 Å². The number of carboxylic acid groups (broad SMARTS) is 2. The molecule has 2 aromatic rings. The highest BCUT2D eigenvalue weighted by molar-refractivity contribution is 7.89. The van der Waals surface area contributed by atoms with Crippen LogP contribution in [0, 0.1) is 0 Å². The normalized spacial score (nSPS) is 10.4. The fourth-order valence-electron chi connectivity index (χ4n) is 1.65. The summed E-state index contributed by atoms with van der Waals surface area (Å²) in [6.07, 6.45) is 0. The number of hydrogen-bond acceptors (Lipinski definition) is 7. The summed E-state index contributed by atoms with van der Waals surface area (Å²) in [5.74, 6) is -3.85. The van der Waals surface area contributed by atoms with Crippen LogP contribution in [-0.4, -0.2) is 43.0 Å². The average Bonchev–Trinajstić information content (AvgIpc) is 3.08. The number of primary sulfonamides is 1. The lowest BCUT2D eigenvalue weighted by Crippen LogP contribution is -2.27. The molecule has 0 saturated heterocycles. The number of benzene rings is 1. The zero-order valence-corrected chi connectivity index (χ0v) is 15.4. The van der Waals surface area contributed by atoms with Crippen LogP contribution in [0.15, 0.2) is 46.7 Å². The number of carboxylic acids is 2. The minimum absolute atomic E-state index is 0.0105. The van der Waals surface area contributed by atoms with Gasteiger partial charge in [0, 0.05) is 17.1 Å². The molecule has 1 aromatic carbocycles. The second-order valence-electron chi connectivity index (χ2n) is 4.91. The number of carbonyl (C=O) groups is 3. The third kappa shape index (κ3) is 8.91. The SMILES string of the molecule is NS(=O)(=O)c1ccc(NC(=O)CNCc2cccs2)cc1.O=C(O)C(=O)O. The van der Waals surface area contributed by atoms with Crippen molar-refractivity contribution in [3.8, 4) is 0 Å². The molecular formula is C15H17N3O7S2. The van der Waals surface area contributed by atoms with Crippen LogP contribution < -0.4 is 15.8 Å². The Labute approximate surface area is 158 Å². The van der Waals surface area contributed by atoms with Crippen LogP contribution in [-0.2, 0) is 31.0 Å². The van der Waals surface area contributed by atoms with Gasteiger partial charge in [0.2, 0.25) is 15.9 Å². The van der Waals surface area contributed by atoms with Gasteiger partial charge in [-0.25, -0.2) is 23.1 Å². The Balaban J connectivity index is 0.000000527. The van der Waals surface area contributed by atoms with E-state index < -0.39 is 22.0 Å². The van der Waals surface area contributed by atoms with E-state index in [0.717, 1.165) is 4.88 Å². The summed E-state index contributed by atoms with van der Waals surface area (Å²) in [7, 11) is -3.71. The van der Waals surface area contributed by atoms with Crippen molar-refractivity contribution in [2.45, 2.75) is 11.4 Å². The molecule has 1 amide bonds. The molecule has 0 fully saturated rings. The summed E-state index contributed by atoms with van der Waals surface area (Å²) in [5, 5.41) is 27.4. The predicted molar refractivity (Wildman–Crippen MR) is 97.7 cm³/mol. The zero-order valence-electron chi connectivity index (χ0n) is 13.8. The van der Waals surface area contributed by atoms with E-state index in [0.29, 0.717) is 12.2 Å². The number of hydrogen-bond donors (Lipinski definition) is 5. The van der Waals surface area contributed by atoms with Gasteiger partial charge >= 0.3 is 11.9 Å². The number of rotatable bonds is 6. The molecule has 2 rings (SSSR count). The van der Waals surface area contributed by atoms with E-state index in [1.165, 1.54) is 24.3 Å². The summed E-state index contributed by atoms with van der Waals surface area (Å²) in [5.41, 5.74) is 0.519. The molecule has 1 aromatic heterocycles. The first-order valence-corrected chi connectivity index (χ1v) is 9.64. The third-order valence-corrected chi connectivity index (χ3v) is 4.62. The van der Waals surface area contributed by atoms with Gasteiger partial charge in [-0.05, 0) is 35.7 Å². The highest BCUT2D eigenvalue weighted by Gasteiger charge is 2.08. The molecule has 6 N–H and O–H groups in total. The molecule has 0 aliphatic rings. The molecular weight excluding hydrogens is 398 g/mol. The van der Waals surface area contributed by atoms with Gasteiger partial charge in [-0.3, -0.25) is 4.79 Å². The second-order valence-corrected chi connectivity index (χ2v) is 7.50. The zero-order chi connectivity index (χ0) is 20.4. The van der Waals surface area contributed by atoms with Gasteiger partial charge in [-0.1, -0.05) is 6.07 Å². The van der Waals surface area contributed by atoms with Crippen LogP contribution >= 0.6 is 11.3 Å². The van der Waals surface area contributed by atoms with Crippen molar-refractivity contribution < 1.29 is 33.0 Å². The van der Waals surface area contributed by atoms with Gasteiger partial charge in [-0.2, -0.15) is 0 Å². The highest BCUT2D eigenvalue weighted by atomic mass is 32.2. The van der Waals surface area contributed by atoms with Crippen LogP contribution in [0.3, 0.4) is 0 Å².